The van der Waals surface area contributed by atoms with Gasteiger partial charge in [-0.05, 0) is 11.1 Å². The van der Waals surface area contributed by atoms with E-state index >= 15 is 0 Å². The summed E-state index contributed by atoms with van der Waals surface area (Å²) in [6, 6.07) is 8.41. The van der Waals surface area contributed by atoms with Crippen molar-refractivity contribution < 1.29 is 0 Å². The van der Waals surface area contributed by atoms with E-state index in [2.05, 4.69) is 36.4 Å². The second-order valence-electron chi connectivity index (χ2n) is 2.63. The van der Waals surface area contributed by atoms with Crippen LogP contribution in [0.15, 0.2) is 30.3 Å². The van der Waals surface area contributed by atoms with Gasteiger partial charge in [0.1, 0.15) is 9.68 Å². The molecule has 0 fully saturated rings. The number of hydrogen-bond donors (Lipinski definition) is 1. The molecule has 0 saturated carbocycles. The number of hydrogen-bond acceptors (Lipinski definition) is 1. The Balaban J connectivity index is 2.46. The number of benzene rings is 1. The van der Waals surface area contributed by atoms with Crippen molar-refractivity contribution in [2.24, 2.45) is 5.40 Å². The maximum absolute atomic E-state index is 5.63. The van der Waals surface area contributed by atoms with Gasteiger partial charge in [0.25, 0.3) is 0 Å². The molecule has 11 heavy (non-hydrogen) atoms. The van der Waals surface area contributed by atoms with Crippen molar-refractivity contribution in [2.45, 2.75) is 5.54 Å². The van der Waals surface area contributed by atoms with Crippen LogP contribution in [0.25, 0.3) is 6.08 Å². The van der Waals surface area contributed by atoms with Crippen molar-refractivity contribution in [3.63, 3.8) is 0 Å². The lowest BCUT2D eigenvalue weighted by Gasteiger charge is -2.04. The van der Waals surface area contributed by atoms with Crippen molar-refractivity contribution >= 4 is 15.8 Å². The van der Waals surface area contributed by atoms with Crippen LogP contribution in [0.5, 0.6) is 0 Å². The van der Waals surface area contributed by atoms with Crippen molar-refractivity contribution in [2.75, 3.05) is 0 Å². The first-order valence-electron chi connectivity index (χ1n) is 3.65. The van der Waals surface area contributed by atoms with E-state index in [-0.39, 0.29) is 0 Å². The third-order valence-corrected chi connectivity index (χ3v) is 2.84. The molecule has 2 heteroatoms. The fourth-order valence-electron chi connectivity index (χ4n) is 1.39. The Bertz CT molecular complexity index is 293. The molecule has 0 saturated heterocycles. The van der Waals surface area contributed by atoms with Crippen molar-refractivity contribution in [3.05, 3.63) is 41.5 Å². The molecular weight excluding hydrogens is 150 g/mol. The smallest absolute Gasteiger partial charge is 0.148 e. The lowest BCUT2D eigenvalue weighted by Crippen LogP contribution is -2.13. The highest BCUT2D eigenvalue weighted by Gasteiger charge is 2.14. The topological polar surface area (TPSA) is 26.0 Å². The first-order chi connectivity index (χ1) is 5.42. The fraction of sp³-hybridized carbons (Fsp3) is 0.111. The molecule has 0 aliphatic heterocycles. The maximum atomic E-state index is 5.63. The van der Waals surface area contributed by atoms with Crippen molar-refractivity contribution in [1.82, 2.24) is 0 Å². The minimum Gasteiger partial charge on any atom is -0.352 e. The number of nitrogens with two attached hydrogens (primary N) is 1. The van der Waals surface area contributed by atoms with Gasteiger partial charge < -0.3 is 5.40 Å². The van der Waals surface area contributed by atoms with Gasteiger partial charge in [-0.25, -0.2) is 0 Å². The van der Waals surface area contributed by atoms with Crippen LogP contribution >= 0.6 is 0 Å². The molecule has 0 aromatic heterocycles. The molecule has 1 aliphatic carbocycles. The largest absolute Gasteiger partial charge is 0.352 e. The van der Waals surface area contributed by atoms with Gasteiger partial charge in [-0.15, -0.1) is 0 Å². The van der Waals surface area contributed by atoms with Crippen LogP contribution in [-0.2, 0) is 0 Å². The molecule has 1 nitrogen and oxygen atoms in total. The van der Waals surface area contributed by atoms with Crippen LogP contribution in [0.3, 0.4) is 0 Å². The molecule has 0 bridgehead atoms. The zero-order valence-corrected chi connectivity index (χ0v) is 7.12. The molecule has 0 spiro atoms. The van der Waals surface area contributed by atoms with E-state index in [0.717, 1.165) is 0 Å². The van der Waals surface area contributed by atoms with Crippen LogP contribution in [0.2, 0.25) is 0 Å². The molecule has 2 radical (unpaired) electrons. The first-order valence-corrected chi connectivity index (χ1v) is 4.80. The Labute approximate surface area is 68.8 Å². The van der Waals surface area contributed by atoms with Crippen LogP contribution < -0.4 is 5.40 Å². The van der Waals surface area contributed by atoms with Gasteiger partial charge >= 0.3 is 0 Å². The van der Waals surface area contributed by atoms with Crippen molar-refractivity contribution in [3.8, 4) is 0 Å². The molecular formula is C9H9NSi. The summed E-state index contributed by atoms with van der Waals surface area (Å²) in [5, 5.41) is 5.63. The van der Waals surface area contributed by atoms with Crippen molar-refractivity contribution in [1.29, 1.82) is 0 Å². The molecule has 1 aromatic carbocycles. The summed E-state index contributed by atoms with van der Waals surface area (Å²) >= 11 is 0. The SMILES string of the molecule is N[Si]C1C=Cc2ccccc21. The van der Waals surface area contributed by atoms with E-state index in [0.29, 0.717) is 15.2 Å². The molecule has 2 N–H and O–H groups in total. The van der Waals surface area contributed by atoms with E-state index in [9.17, 15) is 0 Å². The maximum Gasteiger partial charge on any atom is 0.148 e. The summed E-state index contributed by atoms with van der Waals surface area (Å²) < 4.78 is 0. The third-order valence-electron chi connectivity index (χ3n) is 1.98. The fourth-order valence-corrected chi connectivity index (χ4v) is 2.04. The van der Waals surface area contributed by atoms with Gasteiger partial charge in [0.15, 0.2) is 0 Å². The lowest BCUT2D eigenvalue weighted by atomic mass is 10.1. The normalized spacial score (nSPS) is 20.3. The van der Waals surface area contributed by atoms with E-state index in [4.69, 9.17) is 5.40 Å². The zero-order valence-electron chi connectivity index (χ0n) is 6.12. The Hall–Kier alpha value is -0.863. The van der Waals surface area contributed by atoms with Crippen LogP contribution in [-0.4, -0.2) is 9.68 Å². The summed E-state index contributed by atoms with van der Waals surface area (Å²) in [4.78, 5) is 0. The Morgan fingerprint density at radius 2 is 2.09 bits per heavy atom. The summed E-state index contributed by atoms with van der Waals surface area (Å²) in [6.45, 7) is 0. The predicted octanol–water partition coefficient (Wildman–Crippen LogP) is 1.33. The summed E-state index contributed by atoms with van der Waals surface area (Å²) in [6.07, 6.45) is 4.34. The molecule has 0 amide bonds. The molecule has 0 heterocycles. The average molecular weight is 159 g/mol. The Morgan fingerprint density at radius 1 is 1.27 bits per heavy atom. The highest BCUT2D eigenvalue weighted by molar-refractivity contribution is 6.35. The van der Waals surface area contributed by atoms with Crippen LogP contribution in [0.4, 0.5) is 0 Å². The number of rotatable bonds is 1. The molecule has 54 valence electrons. The molecule has 1 aliphatic rings. The second-order valence-corrected chi connectivity index (χ2v) is 3.59. The van der Waals surface area contributed by atoms with Gasteiger partial charge in [0.05, 0.1) is 0 Å². The highest BCUT2D eigenvalue weighted by Crippen LogP contribution is 2.27. The quantitative estimate of drug-likeness (QED) is 0.615. The highest BCUT2D eigenvalue weighted by atomic mass is 28.2. The molecule has 2 rings (SSSR count). The zero-order chi connectivity index (χ0) is 7.68. The van der Waals surface area contributed by atoms with E-state index < -0.39 is 0 Å². The van der Waals surface area contributed by atoms with E-state index in [1.165, 1.54) is 11.1 Å². The minimum atomic E-state index is 0.478. The van der Waals surface area contributed by atoms with Gasteiger partial charge in [-0.3, -0.25) is 0 Å². The minimum absolute atomic E-state index is 0.478. The van der Waals surface area contributed by atoms with Gasteiger partial charge in [-0.2, -0.15) is 0 Å². The first kappa shape index (κ1) is 6.82. The summed E-state index contributed by atoms with van der Waals surface area (Å²) in [5.74, 6) is 0. The van der Waals surface area contributed by atoms with Crippen LogP contribution in [0, 0.1) is 0 Å². The van der Waals surface area contributed by atoms with E-state index in [1.54, 1.807) is 0 Å². The Kier molecular flexibility index (Phi) is 1.64. The average Bonchev–Trinajstić information content (AvgIpc) is 2.47. The number of allylic oxidation sites excluding steroid dienone is 1. The monoisotopic (exact) mass is 159 g/mol. The summed E-state index contributed by atoms with van der Waals surface area (Å²) in [5.41, 5.74) is 3.19. The van der Waals surface area contributed by atoms with Gasteiger partial charge in [0, 0.05) is 5.54 Å². The molecule has 1 unspecified atom stereocenters. The third kappa shape index (κ3) is 1.04. The van der Waals surface area contributed by atoms with Crippen LogP contribution in [0.1, 0.15) is 16.7 Å². The molecule has 1 atom stereocenters. The summed E-state index contributed by atoms with van der Waals surface area (Å²) in [7, 11) is 0.492. The van der Waals surface area contributed by atoms with E-state index in [1.807, 2.05) is 0 Å². The Morgan fingerprint density at radius 3 is 2.91 bits per heavy atom. The van der Waals surface area contributed by atoms with Gasteiger partial charge in [0.2, 0.25) is 0 Å². The van der Waals surface area contributed by atoms with Gasteiger partial charge in [-0.1, -0.05) is 36.4 Å². The second kappa shape index (κ2) is 2.64. The molecule has 1 aromatic rings. The standard InChI is InChI=1S/C9H9NSi/c10-11-9-6-5-7-3-1-2-4-8(7)9/h1-6,9H,10H2. The number of fused-ring (bicyclic) bond motifs is 1. The predicted molar refractivity (Wildman–Crippen MR) is 48.2 cm³/mol. The lowest BCUT2D eigenvalue weighted by molar-refractivity contribution is 1.22.